The van der Waals surface area contributed by atoms with Crippen LogP contribution in [0.3, 0.4) is 0 Å². The van der Waals surface area contributed by atoms with Crippen molar-refractivity contribution in [3.05, 3.63) is 133 Å². The highest BCUT2D eigenvalue weighted by molar-refractivity contribution is 6.07. The third-order valence-corrected chi connectivity index (χ3v) is 9.27. The van der Waals surface area contributed by atoms with Crippen molar-refractivity contribution in [2.45, 2.75) is 32.1 Å². The summed E-state index contributed by atoms with van der Waals surface area (Å²) in [6, 6.07) is 41.0. The van der Waals surface area contributed by atoms with Crippen molar-refractivity contribution in [1.82, 2.24) is 9.97 Å². The molecular formula is C39H30N2O. The van der Waals surface area contributed by atoms with Gasteiger partial charge in [-0.05, 0) is 65.1 Å². The number of rotatable bonds is 4. The van der Waals surface area contributed by atoms with Crippen LogP contribution in [0.2, 0.25) is 0 Å². The number of pyridine rings is 2. The highest BCUT2D eigenvalue weighted by Crippen LogP contribution is 2.52. The fraction of sp³-hybridized carbons (Fsp3) is 0.128. The van der Waals surface area contributed by atoms with Gasteiger partial charge in [0.25, 0.3) is 0 Å². The lowest BCUT2D eigenvalue weighted by Crippen LogP contribution is -2.30. The third kappa shape index (κ3) is 3.60. The molecule has 0 amide bonds. The molecule has 7 aromatic rings. The quantitative estimate of drug-likeness (QED) is 0.208. The molecule has 42 heavy (non-hydrogen) atoms. The molecule has 1 aliphatic heterocycles. The van der Waals surface area contributed by atoms with Crippen LogP contribution in [0.15, 0.2) is 121 Å². The maximum atomic E-state index is 6.44. The Morgan fingerprint density at radius 2 is 1.29 bits per heavy atom. The Bertz CT molecular complexity index is 2160. The Morgan fingerprint density at radius 3 is 2.12 bits per heavy atom. The Hall–Kier alpha value is -5.02. The van der Waals surface area contributed by atoms with Gasteiger partial charge in [0, 0.05) is 39.1 Å². The Labute approximate surface area is 245 Å². The lowest BCUT2D eigenvalue weighted by molar-refractivity contribution is 0.375. The first kappa shape index (κ1) is 24.8. The second kappa shape index (κ2) is 9.53. The van der Waals surface area contributed by atoms with E-state index in [2.05, 4.69) is 128 Å². The minimum absolute atomic E-state index is 0.0816. The Kier molecular flexibility index (Phi) is 5.61. The molecule has 3 heterocycles. The summed E-state index contributed by atoms with van der Waals surface area (Å²) < 4.78 is 6.44. The normalized spacial score (nSPS) is 13.6. The van der Waals surface area contributed by atoms with E-state index >= 15 is 0 Å². The van der Waals surface area contributed by atoms with Crippen LogP contribution >= 0.6 is 0 Å². The first-order chi connectivity index (χ1) is 20.7. The average Bonchev–Trinajstić information content (AvgIpc) is 3.06. The predicted molar refractivity (Wildman–Crippen MR) is 173 cm³/mol. The number of benzene rings is 5. The van der Waals surface area contributed by atoms with Gasteiger partial charge in [-0.2, -0.15) is 0 Å². The predicted octanol–water partition coefficient (Wildman–Crippen LogP) is 10.5. The number of aromatic nitrogens is 2. The average molecular weight is 543 g/mol. The molecule has 8 rings (SSSR count). The molecule has 2 aromatic heterocycles. The Morgan fingerprint density at radius 1 is 0.595 bits per heavy atom. The van der Waals surface area contributed by atoms with Crippen LogP contribution in [0.1, 0.15) is 37.8 Å². The van der Waals surface area contributed by atoms with E-state index in [0.29, 0.717) is 0 Å². The summed E-state index contributed by atoms with van der Waals surface area (Å²) in [5.41, 5.74) is 8.83. The van der Waals surface area contributed by atoms with Crippen molar-refractivity contribution >= 4 is 32.6 Å². The van der Waals surface area contributed by atoms with Gasteiger partial charge in [0.2, 0.25) is 0 Å². The SMILES string of the molecule is CCC1(CC)c2ccccc2Oc2ccc(-c3ccc(-c4ccc5ccc6cccnc6c5n4)c4ccccc34)cc21. The largest absolute Gasteiger partial charge is 0.457 e. The van der Waals surface area contributed by atoms with Crippen LogP contribution in [0.4, 0.5) is 0 Å². The van der Waals surface area contributed by atoms with Gasteiger partial charge in [-0.3, -0.25) is 4.98 Å². The molecule has 0 aliphatic carbocycles. The van der Waals surface area contributed by atoms with E-state index in [1.807, 2.05) is 12.3 Å². The summed E-state index contributed by atoms with van der Waals surface area (Å²) in [6.07, 6.45) is 3.86. The van der Waals surface area contributed by atoms with Crippen LogP contribution < -0.4 is 4.74 Å². The summed E-state index contributed by atoms with van der Waals surface area (Å²) in [6.45, 7) is 4.59. The van der Waals surface area contributed by atoms with Crippen molar-refractivity contribution < 1.29 is 4.74 Å². The van der Waals surface area contributed by atoms with Crippen molar-refractivity contribution in [1.29, 1.82) is 0 Å². The van der Waals surface area contributed by atoms with Gasteiger partial charge in [-0.15, -0.1) is 0 Å². The number of hydrogen-bond acceptors (Lipinski definition) is 3. The number of ether oxygens (including phenoxy) is 1. The van der Waals surface area contributed by atoms with E-state index in [1.54, 1.807) is 0 Å². The first-order valence-corrected chi connectivity index (χ1v) is 14.8. The topological polar surface area (TPSA) is 35.0 Å². The van der Waals surface area contributed by atoms with Crippen LogP contribution in [0.25, 0.3) is 55.0 Å². The molecule has 0 saturated heterocycles. The number of hydrogen-bond donors (Lipinski definition) is 0. The molecule has 1 aliphatic rings. The second-order valence-electron chi connectivity index (χ2n) is 11.2. The molecule has 0 saturated carbocycles. The van der Waals surface area contributed by atoms with Gasteiger partial charge in [0.05, 0.1) is 16.7 Å². The molecule has 3 nitrogen and oxygen atoms in total. The molecule has 0 unspecified atom stereocenters. The summed E-state index contributed by atoms with van der Waals surface area (Å²) in [7, 11) is 0. The van der Waals surface area contributed by atoms with Crippen molar-refractivity contribution in [2.24, 2.45) is 0 Å². The van der Waals surface area contributed by atoms with Gasteiger partial charge in [0.1, 0.15) is 11.5 Å². The van der Waals surface area contributed by atoms with Crippen molar-refractivity contribution in [2.75, 3.05) is 0 Å². The van der Waals surface area contributed by atoms with E-state index in [-0.39, 0.29) is 5.41 Å². The molecule has 0 bridgehead atoms. The summed E-state index contributed by atoms with van der Waals surface area (Å²) in [4.78, 5) is 9.83. The van der Waals surface area contributed by atoms with E-state index in [1.165, 1.54) is 33.0 Å². The fourth-order valence-corrected chi connectivity index (χ4v) is 7.03. The molecule has 3 heteroatoms. The van der Waals surface area contributed by atoms with E-state index in [4.69, 9.17) is 9.72 Å². The molecule has 0 spiro atoms. The lowest BCUT2D eigenvalue weighted by Gasteiger charge is -2.39. The summed E-state index contributed by atoms with van der Waals surface area (Å²) in [5, 5.41) is 4.60. The zero-order valence-corrected chi connectivity index (χ0v) is 23.8. The van der Waals surface area contributed by atoms with Crippen LogP contribution in [-0.4, -0.2) is 9.97 Å². The van der Waals surface area contributed by atoms with Crippen LogP contribution in [-0.2, 0) is 5.41 Å². The van der Waals surface area contributed by atoms with Gasteiger partial charge in [-0.1, -0.05) is 98.8 Å². The minimum Gasteiger partial charge on any atom is -0.457 e. The Balaban J connectivity index is 1.30. The number of para-hydroxylation sites is 1. The van der Waals surface area contributed by atoms with Gasteiger partial charge in [0.15, 0.2) is 0 Å². The zero-order valence-electron chi connectivity index (χ0n) is 23.8. The van der Waals surface area contributed by atoms with Crippen molar-refractivity contribution in [3.8, 4) is 33.9 Å². The molecule has 0 N–H and O–H groups in total. The monoisotopic (exact) mass is 542 g/mol. The minimum atomic E-state index is -0.0816. The zero-order chi connectivity index (χ0) is 28.3. The molecule has 202 valence electrons. The van der Waals surface area contributed by atoms with Gasteiger partial charge >= 0.3 is 0 Å². The summed E-state index contributed by atoms with van der Waals surface area (Å²) >= 11 is 0. The van der Waals surface area contributed by atoms with E-state index in [0.717, 1.165) is 57.4 Å². The highest BCUT2D eigenvalue weighted by Gasteiger charge is 2.39. The first-order valence-electron chi connectivity index (χ1n) is 14.8. The molecule has 0 atom stereocenters. The molecular weight excluding hydrogens is 512 g/mol. The maximum absolute atomic E-state index is 6.44. The number of fused-ring (bicyclic) bond motifs is 6. The van der Waals surface area contributed by atoms with E-state index in [9.17, 15) is 0 Å². The number of nitrogens with zero attached hydrogens (tertiary/aromatic N) is 2. The lowest BCUT2D eigenvalue weighted by atomic mass is 9.68. The third-order valence-electron chi connectivity index (χ3n) is 9.27. The van der Waals surface area contributed by atoms with Crippen molar-refractivity contribution in [3.63, 3.8) is 0 Å². The van der Waals surface area contributed by atoms with Crippen LogP contribution in [0, 0.1) is 0 Å². The highest BCUT2D eigenvalue weighted by atomic mass is 16.5. The molecule has 0 fully saturated rings. The van der Waals surface area contributed by atoms with Gasteiger partial charge < -0.3 is 4.74 Å². The van der Waals surface area contributed by atoms with Crippen LogP contribution in [0.5, 0.6) is 11.5 Å². The maximum Gasteiger partial charge on any atom is 0.131 e. The smallest absolute Gasteiger partial charge is 0.131 e. The summed E-state index contributed by atoms with van der Waals surface area (Å²) in [5.74, 6) is 1.94. The fourth-order valence-electron chi connectivity index (χ4n) is 7.03. The van der Waals surface area contributed by atoms with Gasteiger partial charge in [-0.25, -0.2) is 4.98 Å². The van der Waals surface area contributed by atoms with E-state index < -0.39 is 0 Å². The standard InChI is InChI=1S/C39H30N2O/c1-3-39(4-2)32-13-7-8-14-35(32)42-36-22-18-27(24-33(36)39)28-19-20-31(30-12-6-5-11-29(28)30)34-21-17-26-16-15-25-10-9-23-40-37(25)38(26)41-34/h5-24H,3-4H2,1-2H3. The second-order valence-corrected chi connectivity index (χ2v) is 11.2. The molecule has 0 radical (unpaired) electrons. The molecule has 5 aromatic carbocycles.